The van der Waals surface area contributed by atoms with E-state index in [1.54, 1.807) is 0 Å². The van der Waals surface area contributed by atoms with Crippen molar-refractivity contribution >= 4 is 17.9 Å². The van der Waals surface area contributed by atoms with E-state index in [1.807, 2.05) is 5.32 Å². The first kappa shape index (κ1) is 19.3. The van der Waals surface area contributed by atoms with Gasteiger partial charge in [-0.3, -0.25) is 10.1 Å². The zero-order valence-electron chi connectivity index (χ0n) is 12.8. The van der Waals surface area contributed by atoms with E-state index >= 15 is 0 Å². The number of benzene rings is 1. The molecule has 10 heteroatoms. The smallest absolute Gasteiger partial charge is 0.416 e. The number of esters is 1. The van der Waals surface area contributed by atoms with E-state index in [4.69, 9.17) is 9.47 Å². The maximum Gasteiger partial charge on any atom is 0.416 e. The van der Waals surface area contributed by atoms with Crippen molar-refractivity contribution in [1.29, 1.82) is 0 Å². The van der Waals surface area contributed by atoms with Crippen LogP contribution in [0.25, 0.3) is 0 Å². The van der Waals surface area contributed by atoms with Gasteiger partial charge in [0.25, 0.3) is 5.91 Å². The average molecular weight is 348 g/mol. The van der Waals surface area contributed by atoms with Gasteiger partial charge in [0.1, 0.15) is 5.75 Å². The highest BCUT2D eigenvalue weighted by Crippen LogP contribution is 2.31. The molecule has 1 rings (SSSR count). The Balaban J connectivity index is 2.52. The lowest BCUT2D eigenvalue weighted by Gasteiger charge is -2.13. The first-order valence-corrected chi connectivity index (χ1v) is 6.65. The molecule has 3 amide bonds. The van der Waals surface area contributed by atoms with Crippen molar-refractivity contribution < 1.29 is 37.0 Å². The molecule has 0 saturated carbocycles. The normalized spacial score (nSPS) is 12.0. The van der Waals surface area contributed by atoms with Gasteiger partial charge >= 0.3 is 18.2 Å². The lowest BCUT2D eigenvalue weighted by molar-refractivity contribution is -0.156. The van der Waals surface area contributed by atoms with Crippen molar-refractivity contribution in [2.24, 2.45) is 0 Å². The molecule has 1 aromatic carbocycles. The number of carbonyl (C=O) groups excluding carboxylic acids is 3. The summed E-state index contributed by atoms with van der Waals surface area (Å²) in [5.74, 6) is -2.02. The topological polar surface area (TPSA) is 93.7 Å². The Kier molecular flexibility index (Phi) is 6.57. The summed E-state index contributed by atoms with van der Waals surface area (Å²) in [6.07, 6.45) is -5.81. The van der Waals surface area contributed by atoms with Crippen LogP contribution in [0.5, 0.6) is 5.75 Å². The predicted molar refractivity (Wildman–Crippen MR) is 75.1 cm³/mol. The fourth-order valence-corrected chi connectivity index (χ4v) is 1.47. The average Bonchev–Trinajstić information content (AvgIpc) is 2.52. The summed E-state index contributed by atoms with van der Waals surface area (Å²) >= 11 is 0. The summed E-state index contributed by atoms with van der Waals surface area (Å²) in [5.41, 5.74) is -0.924. The van der Waals surface area contributed by atoms with Gasteiger partial charge in [0.15, 0.2) is 12.7 Å². The molecule has 0 aliphatic rings. The van der Waals surface area contributed by atoms with Crippen molar-refractivity contribution in [3.05, 3.63) is 29.8 Å². The zero-order valence-corrected chi connectivity index (χ0v) is 12.8. The number of nitrogens with one attached hydrogen (secondary N) is 2. The first-order valence-electron chi connectivity index (χ1n) is 6.65. The van der Waals surface area contributed by atoms with Crippen LogP contribution in [0.2, 0.25) is 0 Å². The first-order chi connectivity index (χ1) is 11.1. The van der Waals surface area contributed by atoms with Crippen LogP contribution in [0.4, 0.5) is 18.0 Å². The third-order valence-electron chi connectivity index (χ3n) is 2.66. The molecule has 0 spiro atoms. The highest BCUT2D eigenvalue weighted by Gasteiger charge is 2.30. The van der Waals surface area contributed by atoms with Gasteiger partial charge < -0.3 is 14.8 Å². The minimum absolute atomic E-state index is 0.177. The van der Waals surface area contributed by atoms with E-state index in [2.05, 4.69) is 5.32 Å². The maximum absolute atomic E-state index is 12.5. The number of amides is 3. The van der Waals surface area contributed by atoms with Gasteiger partial charge in [0.2, 0.25) is 0 Å². The molecule has 24 heavy (non-hydrogen) atoms. The van der Waals surface area contributed by atoms with Crippen LogP contribution in [0.15, 0.2) is 24.3 Å². The van der Waals surface area contributed by atoms with Crippen molar-refractivity contribution in [2.45, 2.75) is 19.2 Å². The Morgan fingerprint density at radius 3 is 2.50 bits per heavy atom. The quantitative estimate of drug-likeness (QED) is 0.786. The van der Waals surface area contributed by atoms with Gasteiger partial charge in [0, 0.05) is 7.05 Å². The number of ether oxygens (including phenoxy) is 2. The van der Waals surface area contributed by atoms with E-state index in [0.29, 0.717) is 0 Å². The predicted octanol–water partition coefficient (Wildman–Crippen LogP) is 1.47. The molecule has 1 atom stereocenters. The van der Waals surface area contributed by atoms with E-state index in [-0.39, 0.29) is 5.75 Å². The number of rotatable bonds is 5. The fourth-order valence-electron chi connectivity index (χ4n) is 1.47. The molecule has 0 fully saturated rings. The van der Waals surface area contributed by atoms with Crippen LogP contribution in [0.1, 0.15) is 12.5 Å². The van der Waals surface area contributed by atoms with Crippen LogP contribution >= 0.6 is 0 Å². The number of imide groups is 1. The molecular formula is C14H15F3N2O5. The summed E-state index contributed by atoms with van der Waals surface area (Å²) in [4.78, 5) is 33.9. The SMILES string of the molecule is CNC(=O)NC(=O)[C@H](C)OC(=O)COc1cccc(C(F)(F)F)c1. The van der Waals surface area contributed by atoms with Crippen LogP contribution in [0.3, 0.4) is 0 Å². The van der Waals surface area contributed by atoms with Gasteiger partial charge in [-0.25, -0.2) is 9.59 Å². The van der Waals surface area contributed by atoms with Crippen molar-refractivity contribution in [3.8, 4) is 5.75 Å². The molecule has 0 aromatic heterocycles. The number of carbonyl (C=O) groups is 3. The van der Waals surface area contributed by atoms with Crippen LogP contribution in [0, 0.1) is 0 Å². The van der Waals surface area contributed by atoms with Crippen molar-refractivity contribution in [3.63, 3.8) is 0 Å². The van der Waals surface area contributed by atoms with E-state index in [1.165, 1.54) is 20.0 Å². The van der Waals surface area contributed by atoms with Gasteiger partial charge in [-0.1, -0.05) is 6.07 Å². The van der Waals surface area contributed by atoms with E-state index in [0.717, 1.165) is 18.2 Å². The van der Waals surface area contributed by atoms with Gasteiger partial charge in [-0.2, -0.15) is 13.2 Å². The minimum Gasteiger partial charge on any atom is -0.482 e. The molecule has 0 unspecified atom stereocenters. The van der Waals surface area contributed by atoms with E-state index < -0.39 is 42.4 Å². The fraction of sp³-hybridized carbons (Fsp3) is 0.357. The standard InChI is InChI=1S/C14H15F3N2O5/c1-8(12(21)19-13(22)18-2)24-11(20)7-23-10-5-3-4-9(6-10)14(15,16)17/h3-6,8H,7H2,1-2H3,(H2,18,19,21,22)/t8-/m0/s1. The summed E-state index contributed by atoms with van der Waals surface area (Å²) in [6.45, 7) is 0.527. The molecule has 0 saturated heterocycles. The third-order valence-corrected chi connectivity index (χ3v) is 2.66. The highest BCUT2D eigenvalue weighted by molar-refractivity contribution is 5.97. The molecule has 1 aromatic rings. The molecule has 132 valence electrons. The number of halogens is 3. The van der Waals surface area contributed by atoms with Crippen molar-refractivity contribution in [1.82, 2.24) is 10.6 Å². The summed E-state index contributed by atoms with van der Waals surface area (Å²) in [6, 6.07) is 3.18. The second-order valence-electron chi connectivity index (χ2n) is 4.51. The van der Waals surface area contributed by atoms with Crippen LogP contribution in [-0.2, 0) is 20.5 Å². The van der Waals surface area contributed by atoms with Crippen molar-refractivity contribution in [2.75, 3.05) is 13.7 Å². The molecular weight excluding hydrogens is 333 g/mol. The summed E-state index contributed by atoms with van der Waals surface area (Å²) < 4.78 is 47.2. The Hall–Kier alpha value is -2.78. The molecule has 0 aliphatic carbocycles. The monoisotopic (exact) mass is 348 g/mol. The number of hydrogen-bond acceptors (Lipinski definition) is 5. The highest BCUT2D eigenvalue weighted by atomic mass is 19.4. The third kappa shape index (κ3) is 6.15. The lowest BCUT2D eigenvalue weighted by atomic mass is 10.2. The van der Waals surface area contributed by atoms with Gasteiger partial charge in [-0.05, 0) is 25.1 Å². The molecule has 0 aliphatic heterocycles. The molecule has 0 radical (unpaired) electrons. The van der Waals surface area contributed by atoms with Crippen LogP contribution in [-0.4, -0.2) is 37.7 Å². The minimum atomic E-state index is -4.54. The van der Waals surface area contributed by atoms with E-state index in [9.17, 15) is 27.6 Å². The molecule has 0 bridgehead atoms. The summed E-state index contributed by atoms with van der Waals surface area (Å²) in [7, 11) is 1.29. The van der Waals surface area contributed by atoms with Gasteiger partial charge in [0.05, 0.1) is 5.56 Å². The van der Waals surface area contributed by atoms with Crippen LogP contribution < -0.4 is 15.4 Å². The molecule has 2 N–H and O–H groups in total. The maximum atomic E-state index is 12.5. The summed E-state index contributed by atoms with van der Waals surface area (Å²) in [5, 5.41) is 4.04. The second kappa shape index (κ2) is 8.18. The second-order valence-corrected chi connectivity index (χ2v) is 4.51. The Morgan fingerprint density at radius 1 is 1.25 bits per heavy atom. The Labute approximate surface area is 135 Å². The Bertz CT molecular complexity index is 619. The molecule has 0 heterocycles. The zero-order chi connectivity index (χ0) is 18.3. The number of urea groups is 1. The van der Waals surface area contributed by atoms with Gasteiger partial charge in [-0.15, -0.1) is 0 Å². The Morgan fingerprint density at radius 2 is 1.92 bits per heavy atom. The largest absolute Gasteiger partial charge is 0.482 e. The number of hydrogen-bond donors (Lipinski definition) is 2. The number of alkyl halides is 3. The molecule has 7 nitrogen and oxygen atoms in total. The lowest BCUT2D eigenvalue weighted by Crippen LogP contribution is -2.43.